The summed E-state index contributed by atoms with van der Waals surface area (Å²) < 4.78 is 22.6. The first-order valence-electron chi connectivity index (χ1n) is 10.1. The standard InChI is InChI=1S/C20H34N2O6Si/c1-20(2,3)29(4,5)28-15-13-26-12-14-27-17-6-7-18(19(16-17)22(23)24)21-8-10-25-11-9-21/h6-7,16H,8-15H2,1-5H3. The largest absolute Gasteiger partial charge is 0.491 e. The molecule has 1 heterocycles. The molecule has 9 heteroatoms. The van der Waals surface area contributed by atoms with Crippen LogP contribution >= 0.6 is 0 Å². The van der Waals surface area contributed by atoms with Gasteiger partial charge in [-0.1, -0.05) is 20.8 Å². The molecule has 164 valence electrons. The number of nitro benzene ring substituents is 1. The van der Waals surface area contributed by atoms with Gasteiger partial charge in [-0.3, -0.25) is 10.1 Å². The Balaban J connectivity index is 1.76. The highest BCUT2D eigenvalue weighted by molar-refractivity contribution is 6.74. The fourth-order valence-electron chi connectivity index (χ4n) is 2.70. The van der Waals surface area contributed by atoms with Crippen molar-refractivity contribution in [1.29, 1.82) is 0 Å². The average molecular weight is 427 g/mol. The quantitative estimate of drug-likeness (QED) is 0.243. The number of rotatable bonds is 10. The van der Waals surface area contributed by atoms with Gasteiger partial charge >= 0.3 is 0 Å². The monoisotopic (exact) mass is 426 g/mol. The Kier molecular flexibility index (Phi) is 8.44. The molecule has 0 N–H and O–H groups in total. The van der Waals surface area contributed by atoms with E-state index in [0.29, 0.717) is 64.2 Å². The fourth-order valence-corrected chi connectivity index (χ4v) is 3.73. The predicted molar refractivity (Wildman–Crippen MR) is 116 cm³/mol. The van der Waals surface area contributed by atoms with E-state index in [2.05, 4.69) is 33.9 Å². The summed E-state index contributed by atoms with van der Waals surface area (Å²) in [6.07, 6.45) is 0. The number of hydrogen-bond donors (Lipinski definition) is 0. The second kappa shape index (κ2) is 10.4. The number of hydrogen-bond acceptors (Lipinski definition) is 7. The number of nitro groups is 1. The van der Waals surface area contributed by atoms with Gasteiger partial charge in [0.05, 0.1) is 44.0 Å². The molecule has 0 unspecified atom stereocenters. The van der Waals surface area contributed by atoms with E-state index >= 15 is 0 Å². The first kappa shape index (κ1) is 23.6. The maximum atomic E-state index is 11.5. The second-order valence-electron chi connectivity index (χ2n) is 8.58. The van der Waals surface area contributed by atoms with Crippen LogP contribution in [-0.2, 0) is 13.9 Å². The minimum absolute atomic E-state index is 0.0492. The van der Waals surface area contributed by atoms with E-state index < -0.39 is 8.32 Å². The molecule has 0 saturated carbocycles. The zero-order valence-corrected chi connectivity index (χ0v) is 19.2. The number of benzene rings is 1. The van der Waals surface area contributed by atoms with E-state index in [1.807, 2.05) is 4.90 Å². The summed E-state index contributed by atoms with van der Waals surface area (Å²) in [6, 6.07) is 4.98. The lowest BCUT2D eigenvalue weighted by Gasteiger charge is -2.36. The minimum atomic E-state index is -1.75. The topological polar surface area (TPSA) is 83.3 Å². The maximum Gasteiger partial charge on any atom is 0.296 e. The van der Waals surface area contributed by atoms with E-state index in [9.17, 15) is 10.1 Å². The molecule has 1 aliphatic heterocycles. The zero-order chi connectivity index (χ0) is 21.5. The molecule has 8 nitrogen and oxygen atoms in total. The van der Waals surface area contributed by atoms with E-state index in [1.54, 1.807) is 12.1 Å². The van der Waals surface area contributed by atoms with Gasteiger partial charge < -0.3 is 23.5 Å². The van der Waals surface area contributed by atoms with Crippen molar-refractivity contribution in [1.82, 2.24) is 0 Å². The Hall–Kier alpha value is -1.68. The van der Waals surface area contributed by atoms with Crippen molar-refractivity contribution >= 4 is 19.7 Å². The number of anilines is 1. The van der Waals surface area contributed by atoms with Crippen molar-refractivity contribution in [2.24, 2.45) is 0 Å². The van der Waals surface area contributed by atoms with E-state index in [4.69, 9.17) is 18.6 Å². The molecule has 1 aromatic carbocycles. The molecule has 1 saturated heterocycles. The number of morpholine rings is 1. The Morgan fingerprint density at radius 1 is 1.14 bits per heavy atom. The van der Waals surface area contributed by atoms with Gasteiger partial charge in [0.25, 0.3) is 5.69 Å². The van der Waals surface area contributed by atoms with Gasteiger partial charge in [-0.25, -0.2) is 0 Å². The molecule has 0 spiro atoms. The van der Waals surface area contributed by atoms with Crippen molar-refractivity contribution in [3.63, 3.8) is 0 Å². The van der Waals surface area contributed by atoms with Crippen LogP contribution in [0.1, 0.15) is 20.8 Å². The highest BCUT2D eigenvalue weighted by Crippen LogP contribution is 2.36. The van der Waals surface area contributed by atoms with Crippen molar-refractivity contribution in [3.05, 3.63) is 28.3 Å². The Bertz CT molecular complexity index is 671. The molecule has 29 heavy (non-hydrogen) atoms. The fraction of sp³-hybridized carbons (Fsp3) is 0.700. The third kappa shape index (κ3) is 6.95. The highest BCUT2D eigenvalue weighted by Gasteiger charge is 2.36. The third-order valence-electron chi connectivity index (χ3n) is 5.49. The molecule has 1 aliphatic rings. The van der Waals surface area contributed by atoms with Crippen molar-refractivity contribution < 1.29 is 23.6 Å². The molecule has 0 atom stereocenters. The lowest BCUT2D eigenvalue weighted by molar-refractivity contribution is -0.384. The van der Waals surface area contributed by atoms with Gasteiger partial charge in [0.1, 0.15) is 18.0 Å². The summed E-state index contributed by atoms with van der Waals surface area (Å²) in [6.45, 7) is 15.3. The van der Waals surface area contributed by atoms with Crippen molar-refractivity contribution in [3.8, 4) is 5.75 Å². The van der Waals surface area contributed by atoms with E-state index in [1.165, 1.54) is 6.07 Å². The SMILES string of the molecule is CC(C)(C)[Si](C)(C)OCCOCCOc1ccc(N2CCOCC2)c([N+](=O)[O-])c1. The first-order chi connectivity index (χ1) is 13.6. The summed E-state index contributed by atoms with van der Waals surface area (Å²) in [5.74, 6) is 0.467. The Morgan fingerprint density at radius 3 is 2.41 bits per heavy atom. The molecule has 0 aromatic heterocycles. The molecular formula is C20H34N2O6Si. The average Bonchev–Trinajstić information content (AvgIpc) is 2.66. The van der Waals surface area contributed by atoms with Crippen LogP contribution in [0.2, 0.25) is 18.1 Å². The molecule has 0 amide bonds. The minimum Gasteiger partial charge on any atom is -0.491 e. The lowest BCUT2D eigenvalue weighted by atomic mass is 10.2. The van der Waals surface area contributed by atoms with Gasteiger partial charge in [0.2, 0.25) is 0 Å². The second-order valence-corrected chi connectivity index (χ2v) is 13.4. The van der Waals surface area contributed by atoms with Crippen LogP contribution in [0.25, 0.3) is 0 Å². The van der Waals surface area contributed by atoms with E-state index in [-0.39, 0.29) is 15.6 Å². The maximum absolute atomic E-state index is 11.5. The number of nitrogens with zero attached hydrogens (tertiary/aromatic N) is 2. The number of ether oxygens (including phenoxy) is 3. The summed E-state index contributed by atoms with van der Waals surface area (Å²) in [4.78, 5) is 13.1. The lowest BCUT2D eigenvalue weighted by Crippen LogP contribution is -2.41. The predicted octanol–water partition coefficient (Wildman–Crippen LogP) is 3.85. The smallest absolute Gasteiger partial charge is 0.296 e. The summed E-state index contributed by atoms with van der Waals surface area (Å²) in [5, 5.41) is 11.7. The molecule has 1 aromatic rings. The summed E-state index contributed by atoms with van der Waals surface area (Å²) >= 11 is 0. The van der Waals surface area contributed by atoms with Crippen molar-refractivity contribution in [2.45, 2.75) is 38.9 Å². The molecular weight excluding hydrogens is 392 g/mol. The Labute approximate surface area is 174 Å². The van der Waals surface area contributed by atoms with E-state index in [0.717, 1.165) is 0 Å². The van der Waals surface area contributed by atoms with Gasteiger partial charge in [-0.2, -0.15) is 0 Å². The van der Waals surface area contributed by atoms with Gasteiger partial charge in [-0.05, 0) is 30.3 Å². The van der Waals surface area contributed by atoms with Crippen molar-refractivity contribution in [2.75, 3.05) is 57.6 Å². The molecule has 1 fully saturated rings. The van der Waals surface area contributed by atoms with Crippen LogP contribution in [0.5, 0.6) is 5.75 Å². The van der Waals surface area contributed by atoms with Crippen LogP contribution in [-0.4, -0.2) is 66.0 Å². The first-order valence-corrected chi connectivity index (χ1v) is 13.0. The third-order valence-corrected chi connectivity index (χ3v) is 10.0. The molecule has 0 bridgehead atoms. The summed E-state index contributed by atoms with van der Waals surface area (Å²) in [5.41, 5.74) is 0.651. The molecule has 2 rings (SSSR count). The normalized spacial score (nSPS) is 15.4. The van der Waals surface area contributed by atoms with Gasteiger partial charge in [0.15, 0.2) is 8.32 Å². The summed E-state index contributed by atoms with van der Waals surface area (Å²) in [7, 11) is -1.75. The van der Waals surface area contributed by atoms with Crippen LogP contribution < -0.4 is 9.64 Å². The molecule has 0 radical (unpaired) electrons. The Morgan fingerprint density at radius 2 is 1.79 bits per heavy atom. The van der Waals surface area contributed by atoms with Crippen LogP contribution in [0.15, 0.2) is 18.2 Å². The van der Waals surface area contributed by atoms with Crippen LogP contribution in [0, 0.1) is 10.1 Å². The highest BCUT2D eigenvalue weighted by atomic mass is 28.4. The molecule has 0 aliphatic carbocycles. The zero-order valence-electron chi connectivity index (χ0n) is 18.2. The van der Waals surface area contributed by atoms with Gasteiger partial charge in [0, 0.05) is 13.1 Å². The van der Waals surface area contributed by atoms with Crippen LogP contribution in [0.3, 0.4) is 0 Å². The van der Waals surface area contributed by atoms with Crippen LogP contribution in [0.4, 0.5) is 11.4 Å². The van der Waals surface area contributed by atoms with Gasteiger partial charge in [-0.15, -0.1) is 0 Å².